The van der Waals surface area contributed by atoms with Crippen LogP contribution in [-0.2, 0) is 0 Å². The molecule has 0 bridgehead atoms. The van der Waals surface area contributed by atoms with Gasteiger partial charge >= 0.3 is 0 Å². The highest BCUT2D eigenvalue weighted by Gasteiger charge is 2.30. The minimum atomic E-state index is -0.432. The summed E-state index contributed by atoms with van der Waals surface area (Å²) >= 11 is 0. The molecular formula is C14H18FNO. The van der Waals surface area contributed by atoms with Crippen LogP contribution in [0.1, 0.15) is 41.6 Å². The van der Waals surface area contributed by atoms with Crippen molar-refractivity contribution in [1.82, 2.24) is 0 Å². The normalized spacial score (nSPS) is 24.6. The molecule has 0 aromatic heterocycles. The molecule has 17 heavy (non-hydrogen) atoms. The number of hydrogen-bond acceptors (Lipinski definition) is 2. The van der Waals surface area contributed by atoms with Gasteiger partial charge in [0, 0.05) is 12.0 Å². The van der Waals surface area contributed by atoms with E-state index in [4.69, 9.17) is 5.73 Å². The summed E-state index contributed by atoms with van der Waals surface area (Å²) in [4.78, 5) is 12.3. The first-order chi connectivity index (χ1) is 8.09. The number of carbonyl (C=O) groups is 1. The van der Waals surface area contributed by atoms with Gasteiger partial charge < -0.3 is 5.73 Å². The van der Waals surface area contributed by atoms with Crippen molar-refractivity contribution in [1.29, 1.82) is 0 Å². The van der Waals surface area contributed by atoms with E-state index in [0.29, 0.717) is 0 Å². The highest BCUT2D eigenvalue weighted by Crippen LogP contribution is 2.27. The number of ketones is 1. The summed E-state index contributed by atoms with van der Waals surface area (Å²) < 4.78 is 13.6. The molecule has 2 nitrogen and oxygen atoms in total. The zero-order valence-electron chi connectivity index (χ0n) is 10.1. The third-order valence-electron chi connectivity index (χ3n) is 3.54. The molecule has 0 radical (unpaired) electrons. The van der Waals surface area contributed by atoms with E-state index in [1.165, 1.54) is 6.07 Å². The van der Waals surface area contributed by atoms with E-state index < -0.39 is 5.82 Å². The molecule has 2 atom stereocenters. The van der Waals surface area contributed by atoms with Crippen LogP contribution in [0.25, 0.3) is 0 Å². The predicted octanol–water partition coefficient (Wildman–Crippen LogP) is 2.83. The summed E-state index contributed by atoms with van der Waals surface area (Å²) in [5, 5.41) is 0. The lowest BCUT2D eigenvalue weighted by molar-refractivity contribution is 0.0866. The van der Waals surface area contributed by atoms with Gasteiger partial charge in [-0.05, 0) is 31.9 Å². The van der Waals surface area contributed by atoms with Gasteiger partial charge in [-0.3, -0.25) is 4.79 Å². The molecule has 2 N–H and O–H groups in total. The third kappa shape index (κ3) is 2.55. The predicted molar refractivity (Wildman–Crippen MR) is 65.4 cm³/mol. The van der Waals surface area contributed by atoms with Crippen molar-refractivity contribution in [2.24, 2.45) is 11.7 Å². The van der Waals surface area contributed by atoms with E-state index in [1.807, 2.05) is 6.92 Å². The SMILES string of the molecule is Cc1ccc(F)c(C(=O)C2CCCCC2N)c1. The molecule has 0 aliphatic heterocycles. The number of Topliss-reactive ketones (excluding diaryl/α,β-unsaturated/α-hetero) is 1. The molecule has 1 fully saturated rings. The molecule has 3 heteroatoms. The Bertz CT molecular complexity index is 430. The summed E-state index contributed by atoms with van der Waals surface area (Å²) in [6.45, 7) is 1.86. The summed E-state index contributed by atoms with van der Waals surface area (Å²) in [7, 11) is 0. The lowest BCUT2D eigenvalue weighted by Gasteiger charge is -2.27. The fraction of sp³-hybridized carbons (Fsp3) is 0.500. The van der Waals surface area contributed by atoms with Crippen LogP contribution in [0.3, 0.4) is 0 Å². The van der Waals surface area contributed by atoms with E-state index in [9.17, 15) is 9.18 Å². The lowest BCUT2D eigenvalue weighted by atomic mass is 9.80. The van der Waals surface area contributed by atoms with Gasteiger partial charge in [-0.25, -0.2) is 4.39 Å². The van der Waals surface area contributed by atoms with Crippen LogP contribution in [0, 0.1) is 18.7 Å². The second kappa shape index (κ2) is 4.96. The second-order valence-electron chi connectivity index (χ2n) is 4.90. The Hall–Kier alpha value is -1.22. The molecule has 92 valence electrons. The Kier molecular flexibility index (Phi) is 3.57. The number of rotatable bonds is 2. The molecule has 1 aliphatic rings. The molecular weight excluding hydrogens is 217 g/mol. The molecule has 0 spiro atoms. The maximum Gasteiger partial charge on any atom is 0.170 e. The molecule has 1 aliphatic carbocycles. The molecule has 0 amide bonds. The average molecular weight is 235 g/mol. The first kappa shape index (κ1) is 12.2. The minimum absolute atomic E-state index is 0.115. The van der Waals surface area contributed by atoms with Gasteiger partial charge in [0.05, 0.1) is 5.56 Å². The topological polar surface area (TPSA) is 43.1 Å². The second-order valence-corrected chi connectivity index (χ2v) is 4.90. The van der Waals surface area contributed by atoms with Gasteiger partial charge in [0.25, 0.3) is 0 Å². The van der Waals surface area contributed by atoms with Gasteiger partial charge in [0.2, 0.25) is 0 Å². The minimum Gasteiger partial charge on any atom is -0.327 e. The molecule has 1 saturated carbocycles. The fourth-order valence-electron chi connectivity index (χ4n) is 2.51. The van der Waals surface area contributed by atoms with Crippen molar-refractivity contribution in [3.63, 3.8) is 0 Å². The number of aryl methyl sites for hydroxylation is 1. The summed E-state index contributed by atoms with van der Waals surface area (Å²) in [6, 6.07) is 4.54. The number of benzene rings is 1. The van der Waals surface area contributed by atoms with Crippen molar-refractivity contribution in [3.8, 4) is 0 Å². The van der Waals surface area contributed by atoms with E-state index in [2.05, 4.69) is 0 Å². The van der Waals surface area contributed by atoms with Crippen LogP contribution < -0.4 is 5.73 Å². The highest BCUT2D eigenvalue weighted by atomic mass is 19.1. The van der Waals surface area contributed by atoms with Crippen LogP contribution in [-0.4, -0.2) is 11.8 Å². The Balaban J connectivity index is 2.26. The number of hydrogen-bond donors (Lipinski definition) is 1. The van der Waals surface area contributed by atoms with E-state index >= 15 is 0 Å². The standard InChI is InChI=1S/C14H18FNO/c1-9-6-7-12(15)11(8-9)14(17)10-4-2-3-5-13(10)16/h6-8,10,13H,2-5,16H2,1H3. The van der Waals surface area contributed by atoms with Crippen molar-refractivity contribution < 1.29 is 9.18 Å². The maximum absolute atomic E-state index is 13.6. The van der Waals surface area contributed by atoms with E-state index in [0.717, 1.165) is 31.2 Å². The first-order valence-corrected chi connectivity index (χ1v) is 6.15. The van der Waals surface area contributed by atoms with Gasteiger partial charge in [0.1, 0.15) is 5.82 Å². The van der Waals surface area contributed by atoms with Crippen LogP contribution in [0.2, 0.25) is 0 Å². The smallest absolute Gasteiger partial charge is 0.170 e. The summed E-state index contributed by atoms with van der Waals surface area (Å²) in [5.74, 6) is -0.767. The Labute approximate surface area is 101 Å². The summed E-state index contributed by atoms with van der Waals surface area (Å²) in [6.07, 6.45) is 3.73. The molecule has 1 aromatic rings. The lowest BCUT2D eigenvalue weighted by Crippen LogP contribution is -2.38. The van der Waals surface area contributed by atoms with Crippen molar-refractivity contribution >= 4 is 5.78 Å². The zero-order chi connectivity index (χ0) is 12.4. The van der Waals surface area contributed by atoms with Crippen molar-refractivity contribution in [2.75, 3.05) is 0 Å². The van der Waals surface area contributed by atoms with Gasteiger partial charge in [-0.1, -0.05) is 24.5 Å². The Morgan fingerprint density at radius 1 is 1.35 bits per heavy atom. The van der Waals surface area contributed by atoms with Gasteiger partial charge in [-0.15, -0.1) is 0 Å². The Morgan fingerprint density at radius 3 is 2.76 bits per heavy atom. The maximum atomic E-state index is 13.6. The van der Waals surface area contributed by atoms with Crippen LogP contribution in [0.5, 0.6) is 0 Å². The molecule has 2 unspecified atom stereocenters. The van der Waals surface area contributed by atoms with Gasteiger partial charge in [-0.2, -0.15) is 0 Å². The van der Waals surface area contributed by atoms with Crippen LogP contribution in [0.15, 0.2) is 18.2 Å². The molecule has 1 aromatic carbocycles. The van der Waals surface area contributed by atoms with Crippen LogP contribution in [0.4, 0.5) is 4.39 Å². The van der Waals surface area contributed by atoms with Crippen LogP contribution >= 0.6 is 0 Å². The zero-order valence-corrected chi connectivity index (χ0v) is 10.1. The Morgan fingerprint density at radius 2 is 2.06 bits per heavy atom. The number of halogens is 1. The van der Waals surface area contributed by atoms with Crippen molar-refractivity contribution in [2.45, 2.75) is 38.6 Å². The number of nitrogens with two attached hydrogens (primary N) is 1. The van der Waals surface area contributed by atoms with Gasteiger partial charge in [0.15, 0.2) is 5.78 Å². The monoisotopic (exact) mass is 235 g/mol. The molecule has 2 rings (SSSR count). The largest absolute Gasteiger partial charge is 0.327 e. The quantitative estimate of drug-likeness (QED) is 0.801. The first-order valence-electron chi connectivity index (χ1n) is 6.15. The fourth-order valence-corrected chi connectivity index (χ4v) is 2.51. The van der Waals surface area contributed by atoms with Crippen molar-refractivity contribution in [3.05, 3.63) is 35.1 Å². The molecule has 0 saturated heterocycles. The summed E-state index contributed by atoms with van der Waals surface area (Å²) in [5.41, 5.74) is 7.07. The van der Waals surface area contributed by atoms with E-state index in [1.54, 1.807) is 12.1 Å². The number of carbonyl (C=O) groups excluding carboxylic acids is 1. The average Bonchev–Trinajstić information content (AvgIpc) is 2.32. The van der Waals surface area contributed by atoms with E-state index in [-0.39, 0.29) is 23.3 Å². The third-order valence-corrected chi connectivity index (χ3v) is 3.54. The highest BCUT2D eigenvalue weighted by molar-refractivity contribution is 5.98. The molecule has 0 heterocycles.